The van der Waals surface area contributed by atoms with Crippen molar-refractivity contribution in [2.24, 2.45) is 0 Å². The summed E-state index contributed by atoms with van der Waals surface area (Å²) in [6.45, 7) is 6.13. The van der Waals surface area contributed by atoms with Crippen molar-refractivity contribution in [3.8, 4) is 6.07 Å². The molecule has 1 aliphatic rings. The van der Waals surface area contributed by atoms with Crippen molar-refractivity contribution in [1.29, 1.82) is 5.26 Å². The van der Waals surface area contributed by atoms with Crippen molar-refractivity contribution in [3.05, 3.63) is 35.9 Å². The Hall–Kier alpha value is -1.37. The highest BCUT2D eigenvalue weighted by Crippen LogP contribution is 2.17. The summed E-state index contributed by atoms with van der Waals surface area (Å²) in [7, 11) is 0. The van der Waals surface area contributed by atoms with Crippen molar-refractivity contribution in [3.63, 3.8) is 0 Å². The number of benzene rings is 1. The van der Waals surface area contributed by atoms with E-state index in [2.05, 4.69) is 23.2 Å². The third-order valence-corrected chi connectivity index (χ3v) is 3.41. The minimum atomic E-state index is -0.0169. The SMILES string of the molecule is CC1CNCCN1CC(C#N)c1ccccc1. The molecule has 90 valence electrons. The maximum absolute atomic E-state index is 9.30. The van der Waals surface area contributed by atoms with Gasteiger partial charge in [-0.25, -0.2) is 0 Å². The molecule has 1 aliphatic heterocycles. The molecule has 2 rings (SSSR count). The molecule has 0 saturated carbocycles. The van der Waals surface area contributed by atoms with Crippen LogP contribution in [-0.4, -0.2) is 37.1 Å². The molecule has 0 spiro atoms. The molecule has 3 nitrogen and oxygen atoms in total. The summed E-state index contributed by atoms with van der Waals surface area (Å²) >= 11 is 0. The Morgan fingerprint density at radius 1 is 1.47 bits per heavy atom. The average Bonchev–Trinajstić information content (AvgIpc) is 2.39. The summed E-state index contributed by atoms with van der Waals surface area (Å²) in [4.78, 5) is 2.40. The molecular weight excluding hydrogens is 210 g/mol. The highest BCUT2D eigenvalue weighted by Gasteiger charge is 2.22. The third kappa shape index (κ3) is 3.06. The van der Waals surface area contributed by atoms with Crippen LogP contribution in [0.3, 0.4) is 0 Å². The molecule has 17 heavy (non-hydrogen) atoms. The zero-order valence-corrected chi connectivity index (χ0v) is 10.3. The summed E-state index contributed by atoms with van der Waals surface area (Å²) in [6, 6.07) is 13.0. The van der Waals surface area contributed by atoms with Crippen molar-refractivity contribution < 1.29 is 0 Å². The van der Waals surface area contributed by atoms with E-state index in [4.69, 9.17) is 0 Å². The van der Waals surface area contributed by atoms with E-state index in [1.165, 1.54) is 0 Å². The van der Waals surface area contributed by atoms with Gasteiger partial charge in [0.25, 0.3) is 0 Å². The first-order valence-corrected chi connectivity index (χ1v) is 6.20. The first kappa shape index (κ1) is 12.1. The lowest BCUT2D eigenvalue weighted by Gasteiger charge is -2.35. The molecule has 1 aromatic carbocycles. The van der Waals surface area contributed by atoms with E-state index in [1.807, 2.05) is 30.3 Å². The molecule has 3 heteroatoms. The normalized spacial score (nSPS) is 22.9. The summed E-state index contributed by atoms with van der Waals surface area (Å²) in [5.41, 5.74) is 1.13. The van der Waals surface area contributed by atoms with Gasteiger partial charge in [0.05, 0.1) is 12.0 Å². The van der Waals surface area contributed by atoms with Gasteiger partial charge in [0.15, 0.2) is 0 Å². The number of hydrogen-bond donors (Lipinski definition) is 1. The fourth-order valence-electron chi connectivity index (χ4n) is 2.29. The Morgan fingerprint density at radius 2 is 2.24 bits per heavy atom. The first-order chi connectivity index (χ1) is 8.31. The van der Waals surface area contributed by atoms with Gasteiger partial charge in [-0.1, -0.05) is 30.3 Å². The van der Waals surface area contributed by atoms with E-state index in [0.717, 1.165) is 31.7 Å². The molecule has 0 aromatic heterocycles. The second kappa shape index (κ2) is 5.81. The summed E-state index contributed by atoms with van der Waals surface area (Å²) in [5.74, 6) is -0.0169. The van der Waals surface area contributed by atoms with Crippen LogP contribution in [0.25, 0.3) is 0 Å². The van der Waals surface area contributed by atoms with Gasteiger partial charge in [-0.15, -0.1) is 0 Å². The maximum Gasteiger partial charge on any atom is 0.0839 e. The fourth-order valence-corrected chi connectivity index (χ4v) is 2.29. The van der Waals surface area contributed by atoms with E-state index < -0.39 is 0 Å². The number of rotatable bonds is 3. The number of piperazine rings is 1. The van der Waals surface area contributed by atoms with Crippen LogP contribution >= 0.6 is 0 Å². The predicted molar refractivity (Wildman–Crippen MR) is 68.7 cm³/mol. The Morgan fingerprint density at radius 3 is 2.88 bits per heavy atom. The zero-order valence-electron chi connectivity index (χ0n) is 10.3. The summed E-state index contributed by atoms with van der Waals surface area (Å²) in [6.07, 6.45) is 0. The highest BCUT2D eigenvalue weighted by molar-refractivity contribution is 5.25. The lowest BCUT2D eigenvalue weighted by molar-refractivity contribution is 0.171. The fraction of sp³-hybridized carbons (Fsp3) is 0.500. The molecule has 1 N–H and O–H groups in total. The van der Waals surface area contributed by atoms with Crippen LogP contribution in [0, 0.1) is 11.3 Å². The van der Waals surface area contributed by atoms with E-state index in [0.29, 0.717) is 6.04 Å². The molecule has 0 bridgehead atoms. The van der Waals surface area contributed by atoms with Gasteiger partial charge in [0, 0.05) is 32.2 Å². The molecule has 2 atom stereocenters. The first-order valence-electron chi connectivity index (χ1n) is 6.20. The van der Waals surface area contributed by atoms with Crippen LogP contribution in [0.2, 0.25) is 0 Å². The average molecular weight is 229 g/mol. The van der Waals surface area contributed by atoms with Gasteiger partial charge in [0.2, 0.25) is 0 Å². The Bertz CT molecular complexity index is 382. The lowest BCUT2D eigenvalue weighted by Crippen LogP contribution is -2.50. The van der Waals surface area contributed by atoms with E-state index >= 15 is 0 Å². The summed E-state index contributed by atoms with van der Waals surface area (Å²) < 4.78 is 0. The Kier molecular flexibility index (Phi) is 4.13. The molecule has 0 aliphatic carbocycles. The largest absolute Gasteiger partial charge is 0.314 e. The van der Waals surface area contributed by atoms with E-state index in [1.54, 1.807) is 0 Å². The van der Waals surface area contributed by atoms with Crippen LogP contribution in [-0.2, 0) is 0 Å². The minimum Gasteiger partial charge on any atom is -0.314 e. The zero-order chi connectivity index (χ0) is 12.1. The Balaban J connectivity index is 2.03. The summed E-state index contributed by atoms with van der Waals surface area (Å²) in [5, 5.41) is 12.7. The minimum absolute atomic E-state index is 0.0169. The van der Waals surface area contributed by atoms with Crippen LogP contribution < -0.4 is 5.32 Å². The Labute approximate surface area is 103 Å². The molecular formula is C14H19N3. The van der Waals surface area contributed by atoms with Crippen LogP contribution in [0.5, 0.6) is 0 Å². The monoisotopic (exact) mass is 229 g/mol. The quantitative estimate of drug-likeness (QED) is 0.855. The molecule has 2 unspecified atom stereocenters. The smallest absolute Gasteiger partial charge is 0.0839 e. The maximum atomic E-state index is 9.30. The van der Waals surface area contributed by atoms with Crippen LogP contribution in [0.1, 0.15) is 18.4 Å². The number of nitrogens with zero attached hydrogens (tertiary/aromatic N) is 2. The van der Waals surface area contributed by atoms with Crippen molar-refractivity contribution >= 4 is 0 Å². The van der Waals surface area contributed by atoms with E-state index in [-0.39, 0.29) is 5.92 Å². The molecule has 0 radical (unpaired) electrons. The number of nitrogens with one attached hydrogen (secondary N) is 1. The number of nitriles is 1. The third-order valence-electron chi connectivity index (χ3n) is 3.41. The van der Waals surface area contributed by atoms with Gasteiger partial charge in [-0.2, -0.15) is 5.26 Å². The second-order valence-electron chi connectivity index (χ2n) is 4.64. The molecule has 1 aromatic rings. The van der Waals surface area contributed by atoms with Gasteiger partial charge in [-0.05, 0) is 12.5 Å². The van der Waals surface area contributed by atoms with Crippen LogP contribution in [0.4, 0.5) is 0 Å². The molecule has 1 heterocycles. The van der Waals surface area contributed by atoms with Crippen molar-refractivity contribution in [2.45, 2.75) is 18.9 Å². The predicted octanol–water partition coefficient (Wildman–Crippen LogP) is 1.59. The van der Waals surface area contributed by atoms with Crippen molar-refractivity contribution in [2.75, 3.05) is 26.2 Å². The molecule has 0 amide bonds. The van der Waals surface area contributed by atoms with E-state index in [9.17, 15) is 5.26 Å². The topological polar surface area (TPSA) is 39.1 Å². The highest BCUT2D eigenvalue weighted by atomic mass is 15.2. The number of hydrogen-bond acceptors (Lipinski definition) is 3. The van der Waals surface area contributed by atoms with Crippen LogP contribution in [0.15, 0.2) is 30.3 Å². The van der Waals surface area contributed by atoms with Gasteiger partial charge < -0.3 is 5.32 Å². The van der Waals surface area contributed by atoms with Gasteiger partial charge in [-0.3, -0.25) is 4.90 Å². The molecule has 1 saturated heterocycles. The standard InChI is InChI=1S/C14H19N3/c1-12-10-16-7-8-17(12)11-14(9-15)13-5-3-2-4-6-13/h2-6,12,14,16H,7-8,10-11H2,1H3. The van der Waals surface area contributed by atoms with Crippen molar-refractivity contribution in [1.82, 2.24) is 10.2 Å². The molecule has 1 fully saturated rings. The second-order valence-corrected chi connectivity index (χ2v) is 4.64. The lowest BCUT2D eigenvalue weighted by atomic mass is 9.99. The van der Waals surface area contributed by atoms with Gasteiger partial charge >= 0.3 is 0 Å². The van der Waals surface area contributed by atoms with Gasteiger partial charge in [0.1, 0.15) is 0 Å².